The lowest BCUT2D eigenvalue weighted by atomic mass is 10.1. The minimum absolute atomic E-state index is 0.0990. The summed E-state index contributed by atoms with van der Waals surface area (Å²) in [4.78, 5) is 43.8. The third-order valence-corrected chi connectivity index (χ3v) is 4.82. The minimum Gasteiger partial charge on any atom is -0.345 e. The summed E-state index contributed by atoms with van der Waals surface area (Å²) < 4.78 is 2.97. The molecule has 3 heterocycles. The zero-order chi connectivity index (χ0) is 19.9. The van der Waals surface area contributed by atoms with Crippen LogP contribution in [0.2, 0.25) is 0 Å². The van der Waals surface area contributed by atoms with Gasteiger partial charge >= 0.3 is 5.69 Å². The molecule has 27 heavy (non-hydrogen) atoms. The first-order valence-corrected chi connectivity index (χ1v) is 8.66. The van der Waals surface area contributed by atoms with Crippen LogP contribution in [-0.2, 0) is 20.5 Å². The van der Waals surface area contributed by atoms with E-state index >= 15 is 0 Å². The Kier molecular flexibility index (Phi) is 4.69. The SMILES string of the molecule is CCc1cc(C(=O)N[C@@H](C)c2cnn(C)c2C)c2c(=O)[nH]c(=O)n(C)c2n1. The topological polar surface area (TPSA) is 115 Å². The van der Waals surface area contributed by atoms with Crippen LogP contribution in [0.5, 0.6) is 0 Å². The van der Waals surface area contributed by atoms with Crippen LogP contribution >= 0.6 is 0 Å². The minimum atomic E-state index is -0.626. The zero-order valence-corrected chi connectivity index (χ0v) is 16.0. The summed E-state index contributed by atoms with van der Waals surface area (Å²) in [6.45, 7) is 5.66. The molecular weight excluding hydrogens is 348 g/mol. The first kappa shape index (κ1) is 18.6. The normalized spacial score (nSPS) is 12.3. The maximum Gasteiger partial charge on any atom is 0.329 e. The summed E-state index contributed by atoms with van der Waals surface area (Å²) >= 11 is 0. The second-order valence-corrected chi connectivity index (χ2v) is 6.54. The molecule has 0 fully saturated rings. The van der Waals surface area contributed by atoms with Crippen LogP contribution in [0.15, 0.2) is 21.9 Å². The van der Waals surface area contributed by atoms with Gasteiger partial charge in [0.1, 0.15) is 5.65 Å². The number of amides is 1. The lowest BCUT2D eigenvalue weighted by molar-refractivity contribution is 0.0941. The Bertz CT molecular complexity index is 1150. The molecule has 1 atom stereocenters. The second-order valence-electron chi connectivity index (χ2n) is 6.54. The number of rotatable bonds is 4. The van der Waals surface area contributed by atoms with Gasteiger partial charge in [-0.2, -0.15) is 5.10 Å². The third kappa shape index (κ3) is 3.16. The molecule has 0 unspecified atom stereocenters. The number of aryl methyl sites for hydroxylation is 3. The summed E-state index contributed by atoms with van der Waals surface area (Å²) in [7, 11) is 3.34. The van der Waals surface area contributed by atoms with Crippen molar-refractivity contribution in [2.24, 2.45) is 14.1 Å². The molecule has 0 bridgehead atoms. The fourth-order valence-electron chi connectivity index (χ4n) is 3.04. The molecule has 0 radical (unpaired) electrons. The van der Waals surface area contributed by atoms with E-state index in [2.05, 4.69) is 20.4 Å². The van der Waals surface area contributed by atoms with Crippen molar-refractivity contribution in [1.29, 1.82) is 0 Å². The Morgan fingerprint density at radius 1 is 1.33 bits per heavy atom. The molecule has 3 rings (SSSR count). The average Bonchev–Trinajstić information content (AvgIpc) is 2.97. The smallest absolute Gasteiger partial charge is 0.329 e. The van der Waals surface area contributed by atoms with Gasteiger partial charge in [0.2, 0.25) is 0 Å². The highest BCUT2D eigenvalue weighted by atomic mass is 16.2. The highest BCUT2D eigenvalue weighted by molar-refractivity contribution is 6.05. The van der Waals surface area contributed by atoms with E-state index in [1.807, 2.05) is 27.8 Å². The summed E-state index contributed by atoms with van der Waals surface area (Å²) in [6.07, 6.45) is 2.27. The average molecular weight is 370 g/mol. The monoisotopic (exact) mass is 370 g/mol. The maximum atomic E-state index is 13.0. The fraction of sp³-hybridized carbons (Fsp3) is 0.389. The van der Waals surface area contributed by atoms with Gasteiger partial charge in [-0.15, -0.1) is 0 Å². The number of hydrogen-bond donors (Lipinski definition) is 2. The number of carbonyl (C=O) groups excluding carboxylic acids is 1. The first-order chi connectivity index (χ1) is 12.7. The molecule has 0 aliphatic heterocycles. The van der Waals surface area contributed by atoms with Crippen LogP contribution in [0.3, 0.4) is 0 Å². The van der Waals surface area contributed by atoms with Crippen molar-refractivity contribution in [3.8, 4) is 0 Å². The van der Waals surface area contributed by atoms with Gasteiger partial charge in [0.15, 0.2) is 0 Å². The van der Waals surface area contributed by atoms with Crippen LogP contribution in [0, 0.1) is 6.92 Å². The molecule has 0 aromatic carbocycles. The summed E-state index contributed by atoms with van der Waals surface area (Å²) in [5, 5.41) is 7.20. The van der Waals surface area contributed by atoms with Crippen LogP contribution in [-0.4, -0.2) is 30.2 Å². The van der Waals surface area contributed by atoms with Gasteiger partial charge < -0.3 is 5.32 Å². The molecule has 0 aliphatic rings. The number of aromatic nitrogens is 5. The molecule has 0 spiro atoms. The molecule has 1 amide bonds. The maximum absolute atomic E-state index is 13.0. The fourth-order valence-corrected chi connectivity index (χ4v) is 3.04. The standard InChI is InChI=1S/C18H22N6O3/c1-6-11-7-12(14-15(21-11)23(4)18(27)22-17(14)26)16(25)20-9(2)13-8-19-24(5)10(13)3/h7-9H,6H2,1-5H3,(H,20,25)(H,22,26,27)/t9-/m0/s1. The Balaban J connectivity index is 2.11. The van der Waals surface area contributed by atoms with Crippen molar-refractivity contribution in [1.82, 2.24) is 29.6 Å². The molecule has 9 nitrogen and oxygen atoms in total. The Hall–Kier alpha value is -3.23. The van der Waals surface area contributed by atoms with Gasteiger partial charge in [-0.05, 0) is 26.3 Å². The number of nitrogens with one attached hydrogen (secondary N) is 2. The van der Waals surface area contributed by atoms with E-state index in [9.17, 15) is 14.4 Å². The lowest BCUT2D eigenvalue weighted by Gasteiger charge is -2.15. The molecule has 3 aromatic heterocycles. The van der Waals surface area contributed by atoms with Crippen LogP contribution in [0.25, 0.3) is 11.0 Å². The predicted molar refractivity (Wildman–Crippen MR) is 101 cm³/mol. The summed E-state index contributed by atoms with van der Waals surface area (Å²) in [6, 6.07) is 1.30. The van der Waals surface area contributed by atoms with Crippen LogP contribution in [0.4, 0.5) is 0 Å². The number of aromatic amines is 1. The zero-order valence-electron chi connectivity index (χ0n) is 16.0. The van der Waals surface area contributed by atoms with Crippen LogP contribution < -0.4 is 16.6 Å². The highest BCUT2D eigenvalue weighted by Gasteiger charge is 2.21. The van der Waals surface area contributed by atoms with Crippen molar-refractivity contribution in [2.75, 3.05) is 0 Å². The quantitative estimate of drug-likeness (QED) is 0.702. The van der Waals surface area contributed by atoms with Gasteiger partial charge in [0.05, 0.1) is 23.2 Å². The molecule has 142 valence electrons. The molecule has 2 N–H and O–H groups in total. The van der Waals surface area contributed by atoms with E-state index in [-0.39, 0.29) is 22.6 Å². The Morgan fingerprint density at radius 3 is 2.63 bits per heavy atom. The molecular formula is C18H22N6O3. The van der Waals surface area contributed by atoms with E-state index in [1.165, 1.54) is 11.6 Å². The number of hydrogen-bond acceptors (Lipinski definition) is 5. The summed E-state index contributed by atoms with van der Waals surface area (Å²) in [5.41, 5.74) is 1.65. The van der Waals surface area contributed by atoms with Gasteiger partial charge in [-0.1, -0.05) is 6.92 Å². The van der Waals surface area contributed by atoms with Gasteiger partial charge in [0, 0.05) is 31.0 Å². The predicted octanol–water partition coefficient (Wildman–Crippen LogP) is 0.717. The summed E-state index contributed by atoms with van der Waals surface area (Å²) in [5.74, 6) is -0.406. The molecule has 9 heteroatoms. The van der Waals surface area contributed by atoms with E-state index < -0.39 is 17.2 Å². The van der Waals surface area contributed by atoms with E-state index in [1.54, 1.807) is 16.9 Å². The van der Waals surface area contributed by atoms with Crippen LogP contribution in [0.1, 0.15) is 47.2 Å². The number of nitrogens with zero attached hydrogens (tertiary/aromatic N) is 4. The van der Waals surface area contributed by atoms with Gasteiger partial charge in [-0.25, -0.2) is 9.78 Å². The van der Waals surface area contributed by atoms with Gasteiger partial charge in [0.25, 0.3) is 11.5 Å². The number of fused-ring (bicyclic) bond motifs is 1. The van der Waals surface area contributed by atoms with Gasteiger partial charge in [-0.3, -0.25) is 23.8 Å². The van der Waals surface area contributed by atoms with Crippen molar-refractivity contribution in [3.63, 3.8) is 0 Å². The van der Waals surface area contributed by atoms with E-state index in [4.69, 9.17) is 0 Å². The molecule has 0 saturated heterocycles. The lowest BCUT2D eigenvalue weighted by Crippen LogP contribution is -2.33. The molecule has 0 saturated carbocycles. The van der Waals surface area contributed by atoms with Crippen molar-refractivity contribution >= 4 is 16.9 Å². The molecule has 3 aromatic rings. The number of H-pyrrole nitrogens is 1. The first-order valence-electron chi connectivity index (χ1n) is 8.66. The van der Waals surface area contributed by atoms with E-state index in [0.29, 0.717) is 12.1 Å². The van der Waals surface area contributed by atoms with Crippen molar-refractivity contribution in [2.45, 2.75) is 33.2 Å². The van der Waals surface area contributed by atoms with Crippen molar-refractivity contribution < 1.29 is 4.79 Å². The second kappa shape index (κ2) is 6.82. The molecule has 0 aliphatic carbocycles. The number of carbonyl (C=O) groups is 1. The Labute approximate surface area is 155 Å². The third-order valence-electron chi connectivity index (χ3n) is 4.82. The largest absolute Gasteiger partial charge is 0.345 e. The van der Waals surface area contributed by atoms with Crippen molar-refractivity contribution in [3.05, 3.63) is 55.6 Å². The van der Waals surface area contributed by atoms with E-state index in [0.717, 1.165) is 11.3 Å². The Morgan fingerprint density at radius 2 is 2.04 bits per heavy atom. The highest BCUT2D eigenvalue weighted by Crippen LogP contribution is 2.19. The number of pyridine rings is 1.